The molecule has 3 nitrogen and oxygen atoms in total. The van der Waals surface area contributed by atoms with Crippen LogP contribution in [-0.4, -0.2) is 5.11 Å². The maximum atomic E-state index is 9.38. The number of aryl methyl sites for hydroxylation is 1. The highest BCUT2D eigenvalue weighted by Gasteiger charge is 2.04. The molecule has 0 radical (unpaired) electrons. The summed E-state index contributed by atoms with van der Waals surface area (Å²) in [6.07, 6.45) is 0. The summed E-state index contributed by atoms with van der Waals surface area (Å²) in [5.41, 5.74) is 3.41. The molecule has 0 amide bonds. The summed E-state index contributed by atoms with van der Waals surface area (Å²) < 4.78 is 0. The summed E-state index contributed by atoms with van der Waals surface area (Å²) in [5, 5.41) is 21.7. The van der Waals surface area contributed by atoms with Gasteiger partial charge in [0.1, 0.15) is 11.8 Å². The summed E-state index contributed by atoms with van der Waals surface area (Å²) >= 11 is 0. The van der Waals surface area contributed by atoms with Crippen molar-refractivity contribution >= 4 is 5.69 Å². The Labute approximate surface area is 106 Å². The molecule has 0 fully saturated rings. The van der Waals surface area contributed by atoms with E-state index in [0.29, 0.717) is 12.1 Å². The van der Waals surface area contributed by atoms with Crippen molar-refractivity contribution in [2.45, 2.75) is 13.5 Å². The lowest BCUT2D eigenvalue weighted by molar-refractivity contribution is 0.474. The highest BCUT2D eigenvalue weighted by atomic mass is 16.3. The summed E-state index contributed by atoms with van der Waals surface area (Å²) in [6, 6.07) is 15.0. The van der Waals surface area contributed by atoms with E-state index in [1.165, 1.54) is 0 Å². The van der Waals surface area contributed by atoms with E-state index in [1.807, 2.05) is 31.2 Å². The molecule has 2 N–H and O–H groups in total. The number of aromatic hydroxyl groups is 1. The van der Waals surface area contributed by atoms with Crippen molar-refractivity contribution in [2.75, 3.05) is 5.32 Å². The van der Waals surface area contributed by atoms with Crippen molar-refractivity contribution < 1.29 is 5.11 Å². The van der Waals surface area contributed by atoms with Gasteiger partial charge in [-0.3, -0.25) is 0 Å². The Morgan fingerprint density at radius 2 is 2.00 bits per heavy atom. The number of nitrogens with one attached hydrogen (secondary N) is 1. The van der Waals surface area contributed by atoms with Gasteiger partial charge in [-0.05, 0) is 36.2 Å². The van der Waals surface area contributed by atoms with Crippen LogP contribution >= 0.6 is 0 Å². The molecule has 0 aromatic heterocycles. The average molecular weight is 238 g/mol. The van der Waals surface area contributed by atoms with Gasteiger partial charge in [-0.15, -0.1) is 0 Å². The van der Waals surface area contributed by atoms with Crippen LogP contribution in [0.4, 0.5) is 5.69 Å². The monoisotopic (exact) mass is 238 g/mol. The van der Waals surface area contributed by atoms with Gasteiger partial charge in [0, 0.05) is 6.54 Å². The molecule has 0 aliphatic carbocycles. The fraction of sp³-hybridized carbons (Fsp3) is 0.133. The van der Waals surface area contributed by atoms with E-state index in [4.69, 9.17) is 5.26 Å². The number of phenols is 1. The number of nitriles is 1. The molecule has 0 saturated heterocycles. The van der Waals surface area contributed by atoms with Crippen LogP contribution in [0.2, 0.25) is 0 Å². The van der Waals surface area contributed by atoms with Crippen molar-refractivity contribution in [3.63, 3.8) is 0 Å². The molecule has 2 aromatic rings. The zero-order chi connectivity index (χ0) is 13.0. The minimum atomic E-state index is 0.249. The van der Waals surface area contributed by atoms with Gasteiger partial charge in [-0.2, -0.15) is 5.26 Å². The Bertz CT molecular complexity index is 600. The lowest BCUT2D eigenvalue weighted by Crippen LogP contribution is -2.02. The largest absolute Gasteiger partial charge is 0.508 e. The van der Waals surface area contributed by atoms with Crippen LogP contribution in [0.1, 0.15) is 16.7 Å². The van der Waals surface area contributed by atoms with Crippen molar-refractivity contribution in [2.24, 2.45) is 0 Å². The third-order valence-electron chi connectivity index (χ3n) is 2.78. The summed E-state index contributed by atoms with van der Waals surface area (Å²) in [4.78, 5) is 0. The highest BCUT2D eigenvalue weighted by molar-refractivity contribution is 5.60. The number of rotatable bonds is 3. The number of hydrogen-bond acceptors (Lipinski definition) is 3. The summed E-state index contributed by atoms with van der Waals surface area (Å²) in [5.74, 6) is 0.249. The molecule has 0 bridgehead atoms. The SMILES string of the molecule is Cc1cccc(NCc2cccc(O)c2)c1C#N. The van der Waals surface area contributed by atoms with Crippen LogP contribution < -0.4 is 5.32 Å². The third-order valence-corrected chi connectivity index (χ3v) is 2.78. The van der Waals surface area contributed by atoms with E-state index in [9.17, 15) is 5.11 Å². The topological polar surface area (TPSA) is 56.0 Å². The van der Waals surface area contributed by atoms with Crippen LogP contribution in [0.15, 0.2) is 42.5 Å². The minimum absolute atomic E-state index is 0.249. The van der Waals surface area contributed by atoms with Gasteiger partial charge in [0.25, 0.3) is 0 Å². The Balaban J connectivity index is 2.16. The molecule has 0 saturated carbocycles. The molecule has 0 unspecified atom stereocenters. The maximum Gasteiger partial charge on any atom is 0.115 e. The van der Waals surface area contributed by atoms with E-state index in [1.54, 1.807) is 18.2 Å². The number of nitrogens with zero attached hydrogens (tertiary/aromatic N) is 1. The molecule has 3 heteroatoms. The highest BCUT2D eigenvalue weighted by Crippen LogP contribution is 2.19. The zero-order valence-corrected chi connectivity index (χ0v) is 10.1. The molecule has 0 atom stereocenters. The second-order valence-electron chi connectivity index (χ2n) is 4.13. The predicted octanol–water partition coefficient (Wildman–Crippen LogP) is 3.18. The predicted molar refractivity (Wildman–Crippen MR) is 71.3 cm³/mol. The van der Waals surface area contributed by atoms with Gasteiger partial charge < -0.3 is 10.4 Å². The van der Waals surface area contributed by atoms with E-state index in [0.717, 1.165) is 16.8 Å². The van der Waals surface area contributed by atoms with E-state index >= 15 is 0 Å². The first kappa shape index (κ1) is 12.0. The number of benzene rings is 2. The van der Waals surface area contributed by atoms with Crippen LogP contribution in [0, 0.1) is 18.3 Å². The molecule has 0 spiro atoms. The molecule has 2 rings (SSSR count). The normalized spacial score (nSPS) is 9.78. The molecule has 0 aliphatic heterocycles. The summed E-state index contributed by atoms with van der Waals surface area (Å²) in [7, 11) is 0. The molecule has 90 valence electrons. The maximum absolute atomic E-state index is 9.38. The van der Waals surface area contributed by atoms with E-state index < -0.39 is 0 Å². The zero-order valence-electron chi connectivity index (χ0n) is 10.1. The number of hydrogen-bond donors (Lipinski definition) is 2. The van der Waals surface area contributed by atoms with Crippen molar-refractivity contribution in [3.8, 4) is 11.8 Å². The van der Waals surface area contributed by atoms with Crippen molar-refractivity contribution in [1.29, 1.82) is 5.26 Å². The second-order valence-corrected chi connectivity index (χ2v) is 4.13. The Morgan fingerprint density at radius 3 is 2.72 bits per heavy atom. The van der Waals surface area contributed by atoms with E-state index in [2.05, 4.69) is 11.4 Å². The number of anilines is 1. The number of phenolic OH excluding ortho intramolecular Hbond substituents is 1. The molecule has 0 aliphatic rings. The van der Waals surface area contributed by atoms with Gasteiger partial charge >= 0.3 is 0 Å². The lowest BCUT2D eigenvalue weighted by Gasteiger charge is -2.10. The second kappa shape index (κ2) is 5.24. The van der Waals surface area contributed by atoms with Gasteiger partial charge in [-0.25, -0.2) is 0 Å². The van der Waals surface area contributed by atoms with Crippen LogP contribution in [-0.2, 0) is 6.54 Å². The standard InChI is InChI=1S/C15H14N2O/c1-11-4-2-7-15(14(11)9-16)17-10-12-5-3-6-13(18)8-12/h2-8,17-18H,10H2,1H3. The Morgan fingerprint density at radius 1 is 1.22 bits per heavy atom. The van der Waals surface area contributed by atoms with Crippen LogP contribution in [0.3, 0.4) is 0 Å². The van der Waals surface area contributed by atoms with Crippen LogP contribution in [0.5, 0.6) is 5.75 Å². The van der Waals surface area contributed by atoms with Crippen molar-refractivity contribution in [1.82, 2.24) is 0 Å². The van der Waals surface area contributed by atoms with Crippen LogP contribution in [0.25, 0.3) is 0 Å². The molecule has 0 heterocycles. The summed E-state index contributed by atoms with van der Waals surface area (Å²) in [6.45, 7) is 2.49. The lowest BCUT2D eigenvalue weighted by atomic mass is 10.1. The first-order chi connectivity index (χ1) is 8.70. The smallest absolute Gasteiger partial charge is 0.115 e. The van der Waals surface area contributed by atoms with Crippen molar-refractivity contribution in [3.05, 3.63) is 59.2 Å². The fourth-order valence-corrected chi connectivity index (χ4v) is 1.83. The fourth-order valence-electron chi connectivity index (χ4n) is 1.83. The van der Waals surface area contributed by atoms with Gasteiger partial charge in [0.15, 0.2) is 0 Å². The first-order valence-corrected chi connectivity index (χ1v) is 5.72. The van der Waals surface area contributed by atoms with E-state index in [-0.39, 0.29) is 5.75 Å². The Kier molecular flexibility index (Phi) is 3.49. The quantitative estimate of drug-likeness (QED) is 0.863. The average Bonchev–Trinajstić information content (AvgIpc) is 2.36. The van der Waals surface area contributed by atoms with Gasteiger partial charge in [-0.1, -0.05) is 24.3 Å². The minimum Gasteiger partial charge on any atom is -0.508 e. The third kappa shape index (κ3) is 2.61. The molecular formula is C15H14N2O. The van der Waals surface area contributed by atoms with Gasteiger partial charge in [0.2, 0.25) is 0 Å². The first-order valence-electron chi connectivity index (χ1n) is 5.72. The molecule has 2 aromatic carbocycles. The Hall–Kier alpha value is -2.47. The van der Waals surface area contributed by atoms with Gasteiger partial charge in [0.05, 0.1) is 11.3 Å². The molecule has 18 heavy (non-hydrogen) atoms. The molecular weight excluding hydrogens is 224 g/mol.